The lowest BCUT2D eigenvalue weighted by atomic mass is 10.2. The quantitative estimate of drug-likeness (QED) is 0.561. The zero-order chi connectivity index (χ0) is 15.5. The Morgan fingerprint density at radius 3 is 2.59 bits per heavy atom. The van der Waals surface area contributed by atoms with E-state index >= 15 is 0 Å². The number of benzene rings is 2. The number of fused-ring (bicyclic) bond motifs is 1. The highest BCUT2D eigenvalue weighted by Crippen LogP contribution is 2.20. The Morgan fingerprint density at radius 2 is 1.91 bits per heavy atom. The predicted molar refractivity (Wildman–Crippen MR) is 87.5 cm³/mol. The predicted octanol–water partition coefficient (Wildman–Crippen LogP) is 2.77. The van der Waals surface area contributed by atoms with Gasteiger partial charge in [-0.05, 0) is 30.7 Å². The Labute approximate surface area is 128 Å². The maximum atomic E-state index is 7.67. The average molecular weight is 294 g/mol. The van der Waals surface area contributed by atoms with Gasteiger partial charge in [-0.2, -0.15) is 5.10 Å². The lowest BCUT2D eigenvalue weighted by Crippen LogP contribution is -2.13. The second kappa shape index (κ2) is 5.89. The molecule has 0 radical (unpaired) electrons. The molecule has 0 saturated heterocycles. The number of ether oxygens (including phenoxy) is 1. The molecule has 0 amide bonds. The van der Waals surface area contributed by atoms with Crippen LogP contribution in [0.3, 0.4) is 0 Å². The zero-order valence-electron chi connectivity index (χ0n) is 12.4. The smallest absolute Gasteiger partial charge is 0.144 e. The van der Waals surface area contributed by atoms with E-state index < -0.39 is 0 Å². The van der Waals surface area contributed by atoms with Gasteiger partial charge in [0.1, 0.15) is 17.3 Å². The van der Waals surface area contributed by atoms with E-state index in [1.807, 2.05) is 60.1 Å². The fraction of sp³-hybridized carbons (Fsp3) is 0.176. The molecule has 22 heavy (non-hydrogen) atoms. The molecule has 3 rings (SSSR count). The molecule has 5 nitrogen and oxygen atoms in total. The molecule has 0 bridgehead atoms. The van der Waals surface area contributed by atoms with Crippen molar-refractivity contribution in [2.75, 3.05) is 6.61 Å². The van der Waals surface area contributed by atoms with Gasteiger partial charge >= 0.3 is 0 Å². The Morgan fingerprint density at radius 1 is 1.18 bits per heavy atom. The van der Waals surface area contributed by atoms with Crippen LogP contribution in [0.25, 0.3) is 10.9 Å². The minimum absolute atomic E-state index is 0.0124. The van der Waals surface area contributed by atoms with Crippen LogP contribution < -0.4 is 10.5 Å². The van der Waals surface area contributed by atoms with Crippen molar-refractivity contribution in [2.24, 2.45) is 5.73 Å². The highest BCUT2D eigenvalue weighted by molar-refractivity contribution is 6.05. The number of nitrogens with one attached hydrogen (secondary N) is 1. The van der Waals surface area contributed by atoms with Gasteiger partial charge in [-0.1, -0.05) is 30.3 Å². The second-order valence-electron chi connectivity index (χ2n) is 5.01. The van der Waals surface area contributed by atoms with Crippen LogP contribution >= 0.6 is 0 Å². The van der Waals surface area contributed by atoms with E-state index in [2.05, 4.69) is 5.10 Å². The van der Waals surface area contributed by atoms with Gasteiger partial charge in [0.2, 0.25) is 0 Å². The van der Waals surface area contributed by atoms with Crippen molar-refractivity contribution < 1.29 is 4.74 Å². The van der Waals surface area contributed by atoms with Gasteiger partial charge in [-0.25, -0.2) is 0 Å². The van der Waals surface area contributed by atoms with Gasteiger partial charge in [-0.15, -0.1) is 0 Å². The molecular weight excluding hydrogens is 276 g/mol. The number of aromatic nitrogens is 2. The number of amidine groups is 1. The summed E-state index contributed by atoms with van der Waals surface area (Å²) in [6, 6.07) is 15.8. The van der Waals surface area contributed by atoms with E-state index in [9.17, 15) is 0 Å². The zero-order valence-corrected chi connectivity index (χ0v) is 12.4. The normalized spacial score (nSPS) is 10.8. The van der Waals surface area contributed by atoms with E-state index in [1.165, 1.54) is 0 Å². The topological polar surface area (TPSA) is 76.9 Å². The largest absolute Gasteiger partial charge is 0.494 e. The second-order valence-corrected chi connectivity index (χ2v) is 5.01. The van der Waals surface area contributed by atoms with Crippen LogP contribution in [0.15, 0.2) is 48.5 Å². The highest BCUT2D eigenvalue weighted by Gasteiger charge is 2.12. The lowest BCUT2D eigenvalue weighted by Gasteiger charge is -2.06. The van der Waals surface area contributed by atoms with E-state index in [1.54, 1.807) is 0 Å². The molecule has 3 N–H and O–H groups in total. The van der Waals surface area contributed by atoms with Gasteiger partial charge in [0.05, 0.1) is 18.7 Å². The molecule has 0 fully saturated rings. The van der Waals surface area contributed by atoms with E-state index in [0.29, 0.717) is 18.8 Å². The first-order chi connectivity index (χ1) is 10.7. The molecule has 0 unspecified atom stereocenters. The van der Waals surface area contributed by atoms with E-state index in [4.69, 9.17) is 15.9 Å². The summed E-state index contributed by atoms with van der Waals surface area (Å²) in [6.07, 6.45) is 0. The molecule has 0 aliphatic carbocycles. The number of rotatable bonds is 5. The third kappa shape index (κ3) is 2.65. The molecule has 0 atom stereocenters. The fourth-order valence-corrected chi connectivity index (χ4v) is 2.48. The molecule has 2 aromatic carbocycles. The Hall–Kier alpha value is -2.82. The van der Waals surface area contributed by atoms with Crippen LogP contribution in [-0.4, -0.2) is 22.2 Å². The summed E-state index contributed by atoms with van der Waals surface area (Å²) in [5.74, 6) is 0.850. The van der Waals surface area contributed by atoms with Gasteiger partial charge in [0, 0.05) is 5.39 Å². The number of nitrogens with two attached hydrogens (primary N) is 1. The average Bonchev–Trinajstić information content (AvgIpc) is 2.89. The molecule has 5 heteroatoms. The molecule has 112 valence electrons. The Balaban J connectivity index is 1.95. The SMILES string of the molecule is CCOc1ccc(Cn2nc(C(=N)N)c3ccccc32)cc1. The summed E-state index contributed by atoms with van der Waals surface area (Å²) in [5, 5.41) is 13.1. The van der Waals surface area contributed by atoms with E-state index in [0.717, 1.165) is 22.2 Å². The molecule has 0 aliphatic heterocycles. The maximum absolute atomic E-state index is 7.67. The number of nitrogens with zero attached hydrogens (tertiary/aromatic N) is 2. The Kier molecular flexibility index (Phi) is 3.78. The van der Waals surface area contributed by atoms with Crippen molar-refractivity contribution in [3.8, 4) is 5.75 Å². The Bertz CT molecular complexity index is 805. The number of nitrogen functional groups attached to an aromatic ring is 1. The standard InChI is InChI=1S/C17H18N4O/c1-2-22-13-9-7-12(8-10-13)11-21-15-6-4-3-5-14(15)16(20-21)17(18)19/h3-10H,2,11H2,1H3,(H3,18,19). The molecule has 0 spiro atoms. The summed E-state index contributed by atoms with van der Waals surface area (Å²) in [4.78, 5) is 0. The van der Waals surface area contributed by atoms with Gasteiger partial charge < -0.3 is 10.5 Å². The van der Waals surface area contributed by atoms with Gasteiger partial charge in [0.25, 0.3) is 0 Å². The van der Waals surface area contributed by atoms with Crippen LogP contribution in [0.2, 0.25) is 0 Å². The van der Waals surface area contributed by atoms with E-state index in [-0.39, 0.29) is 5.84 Å². The third-order valence-corrected chi connectivity index (χ3v) is 3.48. The third-order valence-electron chi connectivity index (χ3n) is 3.48. The monoisotopic (exact) mass is 294 g/mol. The minimum atomic E-state index is -0.0124. The molecule has 1 aromatic heterocycles. The molecule has 3 aromatic rings. The van der Waals surface area contributed by atoms with Gasteiger partial charge in [-0.3, -0.25) is 10.1 Å². The lowest BCUT2D eigenvalue weighted by molar-refractivity contribution is 0.340. The van der Waals surface area contributed by atoms with Gasteiger partial charge in [0.15, 0.2) is 0 Å². The maximum Gasteiger partial charge on any atom is 0.144 e. The summed E-state index contributed by atoms with van der Waals surface area (Å²) in [7, 11) is 0. The number of hydrogen-bond donors (Lipinski definition) is 2. The van der Waals surface area contributed by atoms with Crippen LogP contribution in [0, 0.1) is 5.41 Å². The van der Waals surface area contributed by atoms with Crippen molar-refractivity contribution in [3.63, 3.8) is 0 Å². The molecule has 1 heterocycles. The van der Waals surface area contributed by atoms with Crippen LogP contribution in [0.4, 0.5) is 0 Å². The van der Waals surface area contributed by atoms with Crippen LogP contribution in [0.5, 0.6) is 5.75 Å². The summed E-state index contributed by atoms with van der Waals surface area (Å²) >= 11 is 0. The van der Waals surface area contributed by atoms with Crippen molar-refractivity contribution in [3.05, 3.63) is 59.8 Å². The summed E-state index contributed by atoms with van der Waals surface area (Å²) < 4.78 is 7.33. The van der Waals surface area contributed by atoms with Crippen molar-refractivity contribution in [1.29, 1.82) is 5.41 Å². The van der Waals surface area contributed by atoms with Crippen molar-refractivity contribution >= 4 is 16.7 Å². The molecule has 0 saturated carbocycles. The minimum Gasteiger partial charge on any atom is -0.494 e. The van der Waals surface area contributed by atoms with Crippen molar-refractivity contribution in [2.45, 2.75) is 13.5 Å². The molecule has 0 aliphatic rings. The summed E-state index contributed by atoms with van der Waals surface area (Å²) in [5.41, 5.74) is 8.25. The van der Waals surface area contributed by atoms with Crippen molar-refractivity contribution in [1.82, 2.24) is 9.78 Å². The highest BCUT2D eigenvalue weighted by atomic mass is 16.5. The first kappa shape index (κ1) is 14.1. The fourth-order valence-electron chi connectivity index (χ4n) is 2.48. The number of hydrogen-bond acceptors (Lipinski definition) is 3. The molecular formula is C17H18N4O. The summed E-state index contributed by atoms with van der Waals surface area (Å²) in [6.45, 7) is 3.25. The number of para-hydroxylation sites is 1. The first-order valence-electron chi connectivity index (χ1n) is 7.20. The van der Waals surface area contributed by atoms with Crippen LogP contribution in [0.1, 0.15) is 18.2 Å². The van der Waals surface area contributed by atoms with Crippen LogP contribution in [-0.2, 0) is 6.54 Å². The first-order valence-corrected chi connectivity index (χ1v) is 7.20.